The summed E-state index contributed by atoms with van der Waals surface area (Å²) in [7, 11) is 0. The number of benzene rings is 1. The highest BCUT2D eigenvalue weighted by atomic mass is 32.2. The molecule has 2 atom stereocenters. The molecule has 1 amide bonds. The van der Waals surface area contributed by atoms with Gasteiger partial charge in [-0.3, -0.25) is 9.78 Å². The van der Waals surface area contributed by atoms with Crippen molar-refractivity contribution in [3.05, 3.63) is 78.3 Å². The first-order valence-corrected chi connectivity index (χ1v) is 9.41. The largest absolute Gasteiger partial charge is 0.369 e. The van der Waals surface area contributed by atoms with Gasteiger partial charge in [0, 0.05) is 17.6 Å². The molecule has 4 rings (SSSR count). The molecule has 7 nitrogen and oxygen atoms in total. The molecular weight excluding hydrogens is 360 g/mol. The maximum absolute atomic E-state index is 12.1. The minimum absolute atomic E-state index is 0.481. The van der Waals surface area contributed by atoms with Crippen molar-refractivity contribution < 1.29 is 4.79 Å². The molecule has 1 aliphatic rings. The molecule has 0 unspecified atom stereocenters. The summed E-state index contributed by atoms with van der Waals surface area (Å²) in [6.07, 6.45) is 1.68. The van der Waals surface area contributed by atoms with Crippen molar-refractivity contribution in [2.75, 3.05) is 5.32 Å². The fourth-order valence-corrected chi connectivity index (χ4v) is 3.88. The summed E-state index contributed by atoms with van der Waals surface area (Å²) in [6, 6.07) is 15.2. The van der Waals surface area contributed by atoms with Crippen LogP contribution in [0.5, 0.6) is 0 Å². The monoisotopic (exact) mass is 378 g/mol. The van der Waals surface area contributed by atoms with Gasteiger partial charge in [0.1, 0.15) is 12.0 Å². The number of rotatable bonds is 5. The van der Waals surface area contributed by atoms with Gasteiger partial charge in [-0.05, 0) is 17.7 Å². The van der Waals surface area contributed by atoms with E-state index < -0.39 is 17.9 Å². The van der Waals surface area contributed by atoms with Gasteiger partial charge >= 0.3 is 0 Å². The van der Waals surface area contributed by atoms with Crippen molar-refractivity contribution in [1.29, 1.82) is 0 Å². The maximum atomic E-state index is 12.1. The van der Waals surface area contributed by atoms with E-state index in [2.05, 4.69) is 39.1 Å². The van der Waals surface area contributed by atoms with Gasteiger partial charge in [-0.2, -0.15) is 4.98 Å². The summed E-state index contributed by atoms with van der Waals surface area (Å²) in [5.41, 5.74) is 8.02. The SMILES string of the molecule is C=C1Nc2nc(SCc3ccccc3)nn2[C@H](c2ccccn2)[C@H]1C(N)=O. The number of primary amides is 1. The minimum atomic E-state index is -0.666. The first kappa shape index (κ1) is 17.3. The first-order valence-electron chi connectivity index (χ1n) is 8.43. The van der Waals surface area contributed by atoms with Gasteiger partial charge < -0.3 is 11.1 Å². The number of pyridine rings is 1. The number of amides is 1. The Labute approximate surface area is 160 Å². The lowest BCUT2D eigenvalue weighted by atomic mass is 9.91. The van der Waals surface area contributed by atoms with E-state index in [9.17, 15) is 4.79 Å². The van der Waals surface area contributed by atoms with Crippen LogP contribution in [0.2, 0.25) is 0 Å². The second-order valence-electron chi connectivity index (χ2n) is 6.17. The molecule has 0 bridgehead atoms. The number of nitrogens with one attached hydrogen (secondary N) is 1. The fourth-order valence-electron chi connectivity index (χ4n) is 3.09. The topological polar surface area (TPSA) is 98.7 Å². The third-order valence-electron chi connectivity index (χ3n) is 4.35. The highest BCUT2D eigenvalue weighted by Gasteiger charge is 2.39. The minimum Gasteiger partial charge on any atom is -0.369 e. The zero-order valence-corrected chi connectivity index (χ0v) is 15.3. The summed E-state index contributed by atoms with van der Waals surface area (Å²) in [5, 5.41) is 8.28. The van der Waals surface area contributed by atoms with E-state index in [0.717, 1.165) is 5.75 Å². The predicted octanol–water partition coefficient (Wildman–Crippen LogP) is 2.60. The Bertz CT molecular complexity index is 972. The number of carbonyl (C=O) groups excluding carboxylic acids is 1. The average Bonchev–Trinajstić information content (AvgIpc) is 3.09. The highest BCUT2D eigenvalue weighted by molar-refractivity contribution is 7.98. The fraction of sp³-hybridized carbons (Fsp3) is 0.158. The van der Waals surface area contributed by atoms with Crippen LogP contribution in [0, 0.1) is 5.92 Å². The van der Waals surface area contributed by atoms with E-state index in [-0.39, 0.29) is 0 Å². The molecule has 1 aliphatic heterocycles. The molecular formula is C19H18N6OS. The number of nitrogens with two attached hydrogens (primary N) is 1. The van der Waals surface area contributed by atoms with Crippen molar-refractivity contribution in [3.8, 4) is 0 Å². The summed E-state index contributed by atoms with van der Waals surface area (Å²) in [5.74, 6) is 0.131. The number of aromatic nitrogens is 4. The number of hydrogen-bond acceptors (Lipinski definition) is 6. The summed E-state index contributed by atoms with van der Waals surface area (Å²) in [4.78, 5) is 21.1. The zero-order chi connectivity index (χ0) is 18.8. The molecule has 0 fully saturated rings. The number of anilines is 1. The van der Waals surface area contributed by atoms with Crippen LogP contribution in [0.1, 0.15) is 17.3 Å². The van der Waals surface area contributed by atoms with E-state index in [4.69, 9.17) is 5.73 Å². The van der Waals surface area contributed by atoms with Gasteiger partial charge in [0.05, 0.1) is 5.69 Å². The number of carbonyl (C=O) groups is 1. The Balaban J connectivity index is 1.68. The van der Waals surface area contributed by atoms with Crippen molar-refractivity contribution in [2.24, 2.45) is 11.7 Å². The Kier molecular flexibility index (Phi) is 4.64. The lowest BCUT2D eigenvalue weighted by Crippen LogP contribution is -2.40. The lowest BCUT2D eigenvalue weighted by Gasteiger charge is -2.31. The van der Waals surface area contributed by atoms with Crippen LogP contribution in [0.4, 0.5) is 5.95 Å². The molecule has 136 valence electrons. The molecule has 3 heterocycles. The quantitative estimate of drug-likeness (QED) is 0.662. The molecule has 0 saturated heterocycles. The predicted molar refractivity (Wildman–Crippen MR) is 104 cm³/mol. The number of fused-ring (bicyclic) bond motifs is 1. The van der Waals surface area contributed by atoms with Gasteiger partial charge in [0.2, 0.25) is 17.0 Å². The maximum Gasteiger partial charge on any atom is 0.229 e. The lowest BCUT2D eigenvalue weighted by molar-refractivity contribution is -0.121. The van der Waals surface area contributed by atoms with E-state index >= 15 is 0 Å². The number of thioether (sulfide) groups is 1. The first-order chi connectivity index (χ1) is 13.1. The summed E-state index contributed by atoms with van der Waals surface area (Å²) in [6.45, 7) is 3.97. The second-order valence-corrected chi connectivity index (χ2v) is 7.11. The van der Waals surface area contributed by atoms with Crippen LogP contribution in [-0.4, -0.2) is 25.7 Å². The standard InChI is InChI=1S/C19H18N6OS/c1-12-15(17(20)26)16(14-9-5-6-10-21-14)25-18(22-12)23-19(24-25)27-11-13-7-3-2-4-8-13/h2-10,15-16H,1,11H2,(H2,20,26)(H,22,23,24)/t15-,16+/m0/s1. The average molecular weight is 378 g/mol. The van der Waals surface area contributed by atoms with E-state index in [1.807, 2.05) is 36.4 Å². The molecule has 8 heteroatoms. The van der Waals surface area contributed by atoms with Crippen molar-refractivity contribution in [3.63, 3.8) is 0 Å². The Hall–Kier alpha value is -3.13. The summed E-state index contributed by atoms with van der Waals surface area (Å²) >= 11 is 1.53. The van der Waals surface area contributed by atoms with Crippen LogP contribution in [0.15, 0.2) is 72.2 Å². The smallest absolute Gasteiger partial charge is 0.229 e. The van der Waals surface area contributed by atoms with Gasteiger partial charge in [0.15, 0.2) is 0 Å². The molecule has 1 aromatic carbocycles. The van der Waals surface area contributed by atoms with Gasteiger partial charge in [-0.15, -0.1) is 5.10 Å². The molecule has 0 aliphatic carbocycles. The Morgan fingerprint density at radius 2 is 2.00 bits per heavy atom. The molecule has 0 saturated carbocycles. The van der Waals surface area contributed by atoms with Crippen LogP contribution in [0.3, 0.4) is 0 Å². The van der Waals surface area contributed by atoms with E-state index in [1.165, 1.54) is 17.3 Å². The van der Waals surface area contributed by atoms with Crippen molar-refractivity contribution >= 4 is 23.6 Å². The van der Waals surface area contributed by atoms with E-state index in [0.29, 0.717) is 22.5 Å². The normalized spacial score (nSPS) is 18.6. The third-order valence-corrected chi connectivity index (χ3v) is 5.26. The second kappa shape index (κ2) is 7.24. The molecule has 3 aromatic rings. The third kappa shape index (κ3) is 3.43. The van der Waals surface area contributed by atoms with Gasteiger partial charge in [-0.1, -0.05) is 54.7 Å². The van der Waals surface area contributed by atoms with Gasteiger partial charge in [-0.25, -0.2) is 4.68 Å². The molecule has 2 aromatic heterocycles. The summed E-state index contributed by atoms with van der Waals surface area (Å²) < 4.78 is 1.68. The Morgan fingerprint density at radius 3 is 2.70 bits per heavy atom. The zero-order valence-electron chi connectivity index (χ0n) is 14.4. The highest BCUT2D eigenvalue weighted by Crippen LogP contribution is 2.37. The molecule has 27 heavy (non-hydrogen) atoms. The van der Waals surface area contributed by atoms with Gasteiger partial charge in [0.25, 0.3) is 0 Å². The molecule has 0 radical (unpaired) electrons. The number of hydrogen-bond donors (Lipinski definition) is 2. The molecule has 0 spiro atoms. The van der Waals surface area contributed by atoms with Crippen LogP contribution in [-0.2, 0) is 10.5 Å². The number of nitrogens with zero attached hydrogens (tertiary/aromatic N) is 4. The molecule has 3 N–H and O–H groups in total. The Morgan fingerprint density at radius 1 is 1.22 bits per heavy atom. The van der Waals surface area contributed by atoms with Crippen LogP contribution in [0.25, 0.3) is 0 Å². The van der Waals surface area contributed by atoms with Crippen LogP contribution < -0.4 is 11.1 Å². The van der Waals surface area contributed by atoms with Crippen LogP contribution >= 0.6 is 11.8 Å². The van der Waals surface area contributed by atoms with Crippen molar-refractivity contribution in [2.45, 2.75) is 17.0 Å². The van der Waals surface area contributed by atoms with Crippen molar-refractivity contribution in [1.82, 2.24) is 19.7 Å². The van der Waals surface area contributed by atoms with E-state index in [1.54, 1.807) is 10.9 Å².